The van der Waals surface area contributed by atoms with Gasteiger partial charge in [0.05, 0.1) is 19.9 Å². The molecule has 1 fully saturated rings. The average molecular weight is 419 g/mol. The first-order chi connectivity index (χ1) is 15.0. The highest BCUT2D eigenvalue weighted by Gasteiger charge is 2.28. The van der Waals surface area contributed by atoms with E-state index in [0.29, 0.717) is 40.8 Å². The SMILES string of the molecule is CNC(=O)c1c(-c2ccc(OC)cc2)c(-c2ccc(OC)cc2)nn(CC2CC2)c1=O. The molecule has 0 saturated heterocycles. The molecule has 3 aromatic rings. The predicted octanol–water partition coefficient (Wildman–Crippen LogP) is 3.36. The van der Waals surface area contributed by atoms with Gasteiger partial charge < -0.3 is 14.8 Å². The Kier molecular flexibility index (Phi) is 5.75. The minimum atomic E-state index is -0.433. The molecule has 1 aliphatic rings. The number of aromatic nitrogens is 2. The van der Waals surface area contributed by atoms with Crippen LogP contribution >= 0.6 is 0 Å². The summed E-state index contributed by atoms with van der Waals surface area (Å²) in [5, 5.41) is 7.35. The van der Waals surface area contributed by atoms with Crippen molar-refractivity contribution in [3.8, 4) is 33.9 Å². The number of nitrogens with zero attached hydrogens (tertiary/aromatic N) is 2. The molecule has 7 nitrogen and oxygen atoms in total. The van der Waals surface area contributed by atoms with Crippen molar-refractivity contribution in [1.29, 1.82) is 0 Å². The van der Waals surface area contributed by atoms with Gasteiger partial charge in [0.2, 0.25) is 0 Å². The van der Waals surface area contributed by atoms with Gasteiger partial charge in [-0.05, 0) is 60.7 Å². The van der Waals surface area contributed by atoms with E-state index in [1.165, 1.54) is 11.7 Å². The Hall–Kier alpha value is -3.61. The molecule has 1 heterocycles. The fraction of sp³-hybridized carbons (Fsp3) is 0.292. The van der Waals surface area contributed by atoms with Crippen molar-refractivity contribution in [2.24, 2.45) is 5.92 Å². The maximum absolute atomic E-state index is 13.3. The van der Waals surface area contributed by atoms with Crippen LogP contribution in [-0.2, 0) is 6.54 Å². The monoisotopic (exact) mass is 419 g/mol. The lowest BCUT2D eigenvalue weighted by Crippen LogP contribution is -2.34. The van der Waals surface area contributed by atoms with Crippen molar-refractivity contribution >= 4 is 5.91 Å². The lowest BCUT2D eigenvalue weighted by Gasteiger charge is -2.17. The highest BCUT2D eigenvalue weighted by molar-refractivity contribution is 6.03. The van der Waals surface area contributed by atoms with Gasteiger partial charge in [0.25, 0.3) is 11.5 Å². The van der Waals surface area contributed by atoms with Crippen LogP contribution in [0.15, 0.2) is 53.3 Å². The molecular weight excluding hydrogens is 394 g/mol. The third-order valence-electron chi connectivity index (χ3n) is 5.48. The van der Waals surface area contributed by atoms with Gasteiger partial charge in [-0.3, -0.25) is 9.59 Å². The number of nitrogens with one attached hydrogen (secondary N) is 1. The van der Waals surface area contributed by atoms with Crippen LogP contribution in [0.5, 0.6) is 11.5 Å². The van der Waals surface area contributed by atoms with Crippen LogP contribution in [0.4, 0.5) is 0 Å². The molecule has 1 amide bonds. The van der Waals surface area contributed by atoms with Crippen molar-refractivity contribution in [2.75, 3.05) is 21.3 Å². The first kappa shape index (κ1) is 20.7. The number of carbonyl (C=O) groups is 1. The van der Waals surface area contributed by atoms with Gasteiger partial charge in [0.1, 0.15) is 17.1 Å². The lowest BCUT2D eigenvalue weighted by molar-refractivity contribution is 0.0961. The highest BCUT2D eigenvalue weighted by atomic mass is 16.5. The fourth-order valence-electron chi connectivity index (χ4n) is 3.56. The topological polar surface area (TPSA) is 82.4 Å². The number of amides is 1. The number of ether oxygens (including phenoxy) is 2. The Morgan fingerprint density at radius 1 is 1.00 bits per heavy atom. The molecule has 160 valence electrons. The zero-order valence-corrected chi connectivity index (χ0v) is 17.8. The van der Waals surface area contributed by atoms with Crippen LogP contribution < -0.4 is 20.3 Å². The highest BCUT2D eigenvalue weighted by Crippen LogP contribution is 2.35. The zero-order valence-electron chi connectivity index (χ0n) is 17.8. The van der Waals surface area contributed by atoms with Crippen molar-refractivity contribution < 1.29 is 14.3 Å². The van der Waals surface area contributed by atoms with Crippen LogP contribution in [0.25, 0.3) is 22.4 Å². The molecule has 4 rings (SSSR count). The molecule has 1 saturated carbocycles. The van der Waals surface area contributed by atoms with Gasteiger partial charge in [0, 0.05) is 24.7 Å². The van der Waals surface area contributed by atoms with Crippen molar-refractivity contribution in [3.63, 3.8) is 0 Å². The second kappa shape index (κ2) is 8.63. The normalized spacial score (nSPS) is 13.0. The molecule has 1 aromatic heterocycles. The van der Waals surface area contributed by atoms with Gasteiger partial charge in [-0.25, -0.2) is 4.68 Å². The second-order valence-corrected chi connectivity index (χ2v) is 7.57. The molecule has 1 N–H and O–H groups in total. The first-order valence-corrected chi connectivity index (χ1v) is 10.2. The van der Waals surface area contributed by atoms with Crippen LogP contribution in [0.1, 0.15) is 23.2 Å². The van der Waals surface area contributed by atoms with E-state index < -0.39 is 5.91 Å². The number of hydrogen-bond acceptors (Lipinski definition) is 5. The van der Waals surface area contributed by atoms with Gasteiger partial charge in [-0.1, -0.05) is 12.1 Å². The Bertz CT molecular complexity index is 1150. The summed E-state index contributed by atoms with van der Waals surface area (Å²) in [4.78, 5) is 26.2. The molecule has 7 heteroatoms. The Labute approximate surface area is 180 Å². The quantitative estimate of drug-likeness (QED) is 0.635. The van der Waals surface area contributed by atoms with Crippen LogP contribution in [-0.4, -0.2) is 37.0 Å². The summed E-state index contributed by atoms with van der Waals surface area (Å²) in [6.07, 6.45) is 2.14. The van der Waals surface area contributed by atoms with Crippen LogP contribution in [0, 0.1) is 5.92 Å². The third kappa shape index (κ3) is 4.17. The summed E-state index contributed by atoms with van der Waals surface area (Å²) in [6, 6.07) is 14.7. The van der Waals surface area contributed by atoms with E-state index in [1.54, 1.807) is 26.4 Å². The minimum absolute atomic E-state index is 0.0918. The molecule has 0 aliphatic heterocycles. The van der Waals surface area contributed by atoms with E-state index >= 15 is 0 Å². The zero-order chi connectivity index (χ0) is 22.0. The van der Waals surface area contributed by atoms with Crippen molar-refractivity contribution in [3.05, 3.63) is 64.4 Å². The summed E-state index contributed by atoms with van der Waals surface area (Å²) in [5.74, 6) is 1.40. The number of benzene rings is 2. The van der Waals surface area contributed by atoms with Crippen LogP contribution in [0.3, 0.4) is 0 Å². The molecule has 1 aliphatic carbocycles. The molecule has 0 bridgehead atoms. The summed E-state index contributed by atoms with van der Waals surface area (Å²) in [5.41, 5.74) is 2.30. The Balaban J connectivity index is 2.00. The Morgan fingerprint density at radius 3 is 2.03 bits per heavy atom. The van der Waals surface area contributed by atoms with E-state index in [4.69, 9.17) is 14.6 Å². The first-order valence-electron chi connectivity index (χ1n) is 10.2. The average Bonchev–Trinajstić information content (AvgIpc) is 3.64. The van der Waals surface area contributed by atoms with Gasteiger partial charge in [-0.15, -0.1) is 0 Å². The van der Waals surface area contributed by atoms with Crippen LogP contribution in [0.2, 0.25) is 0 Å². The van der Waals surface area contributed by atoms with Crippen molar-refractivity contribution in [1.82, 2.24) is 15.1 Å². The smallest absolute Gasteiger partial charge is 0.280 e. The summed E-state index contributed by atoms with van der Waals surface area (Å²) < 4.78 is 12.0. The van der Waals surface area contributed by atoms with E-state index in [0.717, 1.165) is 18.4 Å². The second-order valence-electron chi connectivity index (χ2n) is 7.57. The number of methoxy groups -OCH3 is 2. The fourth-order valence-corrected chi connectivity index (χ4v) is 3.56. The molecule has 0 radical (unpaired) electrons. The number of rotatable bonds is 7. The standard InChI is InChI=1S/C24H25N3O4/c1-25-23(28)21-20(16-6-10-18(30-2)11-7-16)22(17-8-12-19(31-3)13-9-17)26-27(24(21)29)14-15-4-5-15/h6-13,15H,4-5,14H2,1-3H3,(H,25,28). The maximum Gasteiger partial charge on any atom is 0.280 e. The van der Waals surface area contributed by atoms with Gasteiger partial charge in [-0.2, -0.15) is 5.10 Å². The van der Waals surface area contributed by atoms with Crippen molar-refractivity contribution in [2.45, 2.75) is 19.4 Å². The molecule has 0 atom stereocenters. The van der Waals surface area contributed by atoms with Gasteiger partial charge >= 0.3 is 0 Å². The minimum Gasteiger partial charge on any atom is -0.497 e. The van der Waals surface area contributed by atoms with E-state index in [2.05, 4.69) is 5.32 Å². The summed E-state index contributed by atoms with van der Waals surface area (Å²) in [6.45, 7) is 0.509. The van der Waals surface area contributed by atoms with Gasteiger partial charge in [0.15, 0.2) is 0 Å². The van der Waals surface area contributed by atoms with E-state index in [1.807, 2.05) is 36.4 Å². The lowest BCUT2D eigenvalue weighted by atomic mass is 9.95. The molecule has 0 spiro atoms. The molecular formula is C24H25N3O4. The predicted molar refractivity (Wildman–Crippen MR) is 119 cm³/mol. The largest absolute Gasteiger partial charge is 0.497 e. The van der Waals surface area contributed by atoms with E-state index in [-0.39, 0.29) is 11.1 Å². The molecule has 2 aromatic carbocycles. The third-order valence-corrected chi connectivity index (χ3v) is 5.48. The number of hydrogen-bond donors (Lipinski definition) is 1. The molecule has 0 unspecified atom stereocenters. The summed E-state index contributed by atoms with van der Waals surface area (Å²) in [7, 11) is 4.72. The Morgan fingerprint density at radius 2 is 1.55 bits per heavy atom. The maximum atomic E-state index is 13.3. The van der Waals surface area contributed by atoms with E-state index in [9.17, 15) is 9.59 Å². The molecule has 31 heavy (non-hydrogen) atoms. The summed E-state index contributed by atoms with van der Waals surface area (Å²) >= 11 is 0. The number of carbonyl (C=O) groups excluding carboxylic acids is 1.